The lowest BCUT2D eigenvalue weighted by Crippen LogP contribution is -2.24. The lowest BCUT2D eigenvalue weighted by molar-refractivity contribution is 0.102. The number of nitrogens with zero attached hydrogens (tertiary/aromatic N) is 2. The van der Waals surface area contributed by atoms with Crippen molar-refractivity contribution in [1.82, 2.24) is 15.1 Å². The predicted octanol–water partition coefficient (Wildman–Crippen LogP) is 1.34. The highest BCUT2D eigenvalue weighted by atomic mass is 16.5. The van der Waals surface area contributed by atoms with Crippen LogP contribution in [0.4, 0.5) is 5.82 Å². The largest absolute Gasteiger partial charge is 0.496 e. The molecule has 7 nitrogen and oxygen atoms in total. The molecule has 7 heteroatoms. The van der Waals surface area contributed by atoms with Crippen molar-refractivity contribution in [1.29, 1.82) is 0 Å². The zero-order valence-electron chi connectivity index (χ0n) is 13.5. The Labute approximate surface area is 134 Å². The van der Waals surface area contributed by atoms with Gasteiger partial charge in [0.1, 0.15) is 22.9 Å². The number of aromatic nitrogens is 2. The van der Waals surface area contributed by atoms with Crippen molar-refractivity contribution in [3.8, 4) is 11.5 Å². The molecule has 0 spiro atoms. The molecule has 2 heterocycles. The number of nitrogens with one attached hydrogen (secondary N) is 2. The maximum absolute atomic E-state index is 12.8. The van der Waals surface area contributed by atoms with Crippen LogP contribution in [0.2, 0.25) is 0 Å². The van der Waals surface area contributed by atoms with Crippen LogP contribution in [0.3, 0.4) is 0 Å². The van der Waals surface area contributed by atoms with Crippen LogP contribution in [0.1, 0.15) is 21.6 Å². The predicted molar refractivity (Wildman–Crippen MR) is 86.1 cm³/mol. The van der Waals surface area contributed by atoms with Crippen molar-refractivity contribution >= 4 is 11.7 Å². The van der Waals surface area contributed by atoms with Crippen molar-refractivity contribution in [2.45, 2.75) is 13.0 Å². The van der Waals surface area contributed by atoms with Crippen LogP contribution in [0.5, 0.6) is 11.5 Å². The molecule has 0 saturated heterocycles. The van der Waals surface area contributed by atoms with E-state index in [-0.39, 0.29) is 5.91 Å². The molecule has 1 amide bonds. The number of rotatable bonds is 4. The maximum Gasteiger partial charge on any atom is 0.264 e. The number of aryl methyl sites for hydroxylation is 1. The molecule has 2 aromatic rings. The average molecular weight is 316 g/mol. The lowest BCUT2D eigenvalue weighted by atomic mass is 10.1. The Morgan fingerprint density at radius 2 is 2.00 bits per heavy atom. The Bertz CT molecular complexity index is 717. The van der Waals surface area contributed by atoms with Crippen LogP contribution in [-0.2, 0) is 20.0 Å². The number of carbonyl (C=O) groups is 1. The number of fused-ring (bicyclic) bond motifs is 1. The first-order valence-corrected chi connectivity index (χ1v) is 7.43. The molecule has 0 aliphatic carbocycles. The number of hydrogen-bond acceptors (Lipinski definition) is 5. The Balaban J connectivity index is 1.96. The van der Waals surface area contributed by atoms with E-state index in [2.05, 4.69) is 15.7 Å². The van der Waals surface area contributed by atoms with Gasteiger partial charge in [0, 0.05) is 32.1 Å². The number of anilines is 1. The first kappa shape index (κ1) is 15.4. The van der Waals surface area contributed by atoms with Crippen LogP contribution in [0.25, 0.3) is 0 Å². The fourth-order valence-electron chi connectivity index (χ4n) is 2.83. The molecule has 0 fully saturated rings. The SMILES string of the molecule is COc1cccc(OC)c1C(=O)Nc1c2c(nn1C)CCNC2. The van der Waals surface area contributed by atoms with Gasteiger partial charge in [-0.2, -0.15) is 5.10 Å². The van der Waals surface area contributed by atoms with Gasteiger partial charge in [-0.3, -0.25) is 9.48 Å². The van der Waals surface area contributed by atoms with Gasteiger partial charge in [-0.1, -0.05) is 6.07 Å². The van der Waals surface area contributed by atoms with E-state index in [1.807, 2.05) is 7.05 Å². The van der Waals surface area contributed by atoms with E-state index in [9.17, 15) is 4.79 Å². The molecule has 1 aliphatic heterocycles. The van der Waals surface area contributed by atoms with Crippen molar-refractivity contribution in [3.63, 3.8) is 0 Å². The summed E-state index contributed by atoms with van der Waals surface area (Å²) in [7, 11) is 4.89. The summed E-state index contributed by atoms with van der Waals surface area (Å²) >= 11 is 0. The minimum Gasteiger partial charge on any atom is -0.496 e. The summed E-state index contributed by atoms with van der Waals surface area (Å²) in [5.41, 5.74) is 2.42. The van der Waals surface area contributed by atoms with E-state index < -0.39 is 0 Å². The highest BCUT2D eigenvalue weighted by Crippen LogP contribution is 2.30. The zero-order chi connectivity index (χ0) is 16.4. The standard InChI is InChI=1S/C16H20N4O3/c1-20-15(10-9-17-8-7-11(10)19-20)18-16(21)14-12(22-2)5-4-6-13(14)23-3/h4-6,17H,7-9H2,1-3H3,(H,18,21). The van der Waals surface area contributed by atoms with Gasteiger partial charge in [-0.05, 0) is 12.1 Å². The summed E-state index contributed by atoms with van der Waals surface area (Å²) in [6.07, 6.45) is 0.858. The average Bonchev–Trinajstić information content (AvgIpc) is 2.89. The smallest absolute Gasteiger partial charge is 0.264 e. The van der Waals surface area contributed by atoms with Gasteiger partial charge in [0.25, 0.3) is 5.91 Å². The molecule has 23 heavy (non-hydrogen) atoms. The normalized spacial score (nSPS) is 13.3. The van der Waals surface area contributed by atoms with Crippen LogP contribution in [0, 0.1) is 0 Å². The molecule has 0 bridgehead atoms. The van der Waals surface area contributed by atoms with E-state index in [0.717, 1.165) is 24.2 Å². The Morgan fingerprint density at radius 3 is 2.65 bits per heavy atom. The first-order valence-electron chi connectivity index (χ1n) is 7.43. The van der Waals surface area contributed by atoms with Gasteiger partial charge < -0.3 is 20.1 Å². The molecule has 0 atom stereocenters. The van der Waals surface area contributed by atoms with Crippen molar-refractivity contribution in [2.24, 2.45) is 7.05 Å². The highest BCUT2D eigenvalue weighted by Gasteiger charge is 2.24. The number of ether oxygens (including phenoxy) is 2. The summed E-state index contributed by atoms with van der Waals surface area (Å²) in [4.78, 5) is 12.8. The van der Waals surface area contributed by atoms with Crippen molar-refractivity contribution < 1.29 is 14.3 Å². The van der Waals surface area contributed by atoms with E-state index >= 15 is 0 Å². The molecule has 2 N–H and O–H groups in total. The molecule has 1 aliphatic rings. The van der Waals surface area contributed by atoms with Gasteiger partial charge in [0.05, 0.1) is 19.9 Å². The number of methoxy groups -OCH3 is 2. The van der Waals surface area contributed by atoms with E-state index in [0.29, 0.717) is 29.4 Å². The maximum atomic E-state index is 12.8. The van der Waals surface area contributed by atoms with Gasteiger partial charge >= 0.3 is 0 Å². The summed E-state index contributed by atoms with van der Waals surface area (Å²) in [5, 5.41) is 10.7. The second-order valence-electron chi connectivity index (χ2n) is 5.32. The van der Waals surface area contributed by atoms with Crippen molar-refractivity contribution in [2.75, 3.05) is 26.1 Å². The third-order valence-corrected chi connectivity index (χ3v) is 3.96. The second-order valence-corrected chi connectivity index (χ2v) is 5.32. The summed E-state index contributed by atoms with van der Waals surface area (Å²) in [6.45, 7) is 1.60. The minimum absolute atomic E-state index is 0.282. The second kappa shape index (κ2) is 6.29. The molecule has 0 radical (unpaired) electrons. The van der Waals surface area contributed by atoms with Crippen LogP contribution < -0.4 is 20.1 Å². The van der Waals surface area contributed by atoms with Crippen LogP contribution in [-0.4, -0.2) is 36.5 Å². The summed E-state index contributed by atoms with van der Waals surface area (Å²) in [6, 6.07) is 5.25. The van der Waals surface area contributed by atoms with E-state index in [1.54, 1.807) is 22.9 Å². The van der Waals surface area contributed by atoms with Crippen LogP contribution >= 0.6 is 0 Å². The van der Waals surface area contributed by atoms with Gasteiger partial charge in [0.2, 0.25) is 0 Å². The molecule has 122 valence electrons. The molecule has 0 saturated carbocycles. The molecular formula is C16H20N4O3. The fourth-order valence-corrected chi connectivity index (χ4v) is 2.83. The Hall–Kier alpha value is -2.54. The number of carbonyl (C=O) groups excluding carboxylic acids is 1. The number of benzene rings is 1. The molecule has 1 aromatic carbocycles. The minimum atomic E-state index is -0.282. The number of amides is 1. The third-order valence-electron chi connectivity index (χ3n) is 3.96. The molecular weight excluding hydrogens is 296 g/mol. The number of hydrogen-bond donors (Lipinski definition) is 2. The first-order chi connectivity index (χ1) is 11.2. The van der Waals surface area contributed by atoms with Crippen LogP contribution in [0.15, 0.2) is 18.2 Å². The van der Waals surface area contributed by atoms with E-state index in [1.165, 1.54) is 14.2 Å². The van der Waals surface area contributed by atoms with E-state index in [4.69, 9.17) is 9.47 Å². The van der Waals surface area contributed by atoms with Gasteiger partial charge in [-0.25, -0.2) is 0 Å². The van der Waals surface area contributed by atoms with Crippen molar-refractivity contribution in [3.05, 3.63) is 35.0 Å². The summed E-state index contributed by atoms with van der Waals surface area (Å²) in [5.74, 6) is 1.35. The zero-order valence-corrected chi connectivity index (χ0v) is 13.5. The molecule has 0 unspecified atom stereocenters. The molecule has 3 rings (SSSR count). The third kappa shape index (κ3) is 2.75. The Morgan fingerprint density at radius 1 is 1.30 bits per heavy atom. The quantitative estimate of drug-likeness (QED) is 0.890. The lowest BCUT2D eigenvalue weighted by Gasteiger charge is -2.15. The van der Waals surface area contributed by atoms with Gasteiger partial charge in [-0.15, -0.1) is 0 Å². The van der Waals surface area contributed by atoms with Gasteiger partial charge in [0.15, 0.2) is 0 Å². The topological polar surface area (TPSA) is 77.4 Å². The summed E-state index contributed by atoms with van der Waals surface area (Å²) < 4.78 is 12.3. The highest BCUT2D eigenvalue weighted by molar-refractivity contribution is 6.08. The fraction of sp³-hybridized carbons (Fsp3) is 0.375. The Kier molecular flexibility index (Phi) is 4.20. The molecule has 1 aromatic heterocycles. The monoisotopic (exact) mass is 316 g/mol.